The number of halogens is 2. The van der Waals surface area contributed by atoms with E-state index in [0.29, 0.717) is 15.6 Å². The first-order chi connectivity index (χ1) is 10.7. The molecule has 5 nitrogen and oxygen atoms in total. The van der Waals surface area contributed by atoms with Crippen LogP contribution in [-0.4, -0.2) is 23.8 Å². The monoisotopic (exact) mass is 359 g/mol. The van der Waals surface area contributed by atoms with Crippen molar-refractivity contribution in [1.29, 1.82) is 0 Å². The summed E-state index contributed by atoms with van der Waals surface area (Å²) in [4.78, 5) is 34.4. The van der Waals surface area contributed by atoms with E-state index in [1.54, 1.807) is 25.1 Å². The minimum absolute atomic E-state index is 0.0362. The van der Waals surface area contributed by atoms with Crippen molar-refractivity contribution in [2.24, 2.45) is 0 Å². The average Bonchev–Trinajstić information content (AvgIpc) is 2.44. The number of nitrogens with one attached hydrogen (secondary N) is 1. The molecule has 0 heterocycles. The average molecular weight is 360 g/mol. The zero-order valence-electron chi connectivity index (χ0n) is 13.2. The van der Waals surface area contributed by atoms with Crippen molar-refractivity contribution in [2.75, 3.05) is 0 Å². The standard InChI is InChI=1S/C16H19Cl2NO4/c1-9(20)4-7-15(21)23-11(3)16(22)19-10(2)13-6-5-12(17)8-14(13)18/h5-6,8,10-11H,4,7H2,1-3H3,(H,19,22)/t10-,11-/m0/s1. The molecular weight excluding hydrogens is 341 g/mol. The van der Waals surface area contributed by atoms with Crippen molar-refractivity contribution in [1.82, 2.24) is 5.32 Å². The molecule has 1 aromatic carbocycles. The number of hydrogen-bond acceptors (Lipinski definition) is 4. The van der Waals surface area contributed by atoms with Crippen molar-refractivity contribution in [3.05, 3.63) is 33.8 Å². The maximum Gasteiger partial charge on any atom is 0.307 e. The number of ketones is 1. The van der Waals surface area contributed by atoms with Gasteiger partial charge in [-0.2, -0.15) is 0 Å². The minimum Gasteiger partial charge on any atom is -0.453 e. The molecule has 0 saturated heterocycles. The van der Waals surface area contributed by atoms with E-state index >= 15 is 0 Å². The second-order valence-electron chi connectivity index (χ2n) is 5.23. The summed E-state index contributed by atoms with van der Waals surface area (Å²) >= 11 is 11.9. The molecule has 0 unspecified atom stereocenters. The third-order valence-corrected chi connectivity index (χ3v) is 3.71. The van der Waals surface area contributed by atoms with E-state index in [0.717, 1.165) is 0 Å². The van der Waals surface area contributed by atoms with Crippen molar-refractivity contribution in [3.63, 3.8) is 0 Å². The van der Waals surface area contributed by atoms with E-state index < -0.39 is 18.0 Å². The van der Waals surface area contributed by atoms with Crippen LogP contribution in [0, 0.1) is 0 Å². The van der Waals surface area contributed by atoms with E-state index in [4.69, 9.17) is 27.9 Å². The number of carbonyl (C=O) groups excluding carboxylic acids is 3. The molecule has 0 aliphatic carbocycles. The predicted molar refractivity (Wildman–Crippen MR) is 88.5 cm³/mol. The molecular formula is C16H19Cl2NO4. The second-order valence-corrected chi connectivity index (χ2v) is 6.07. The van der Waals surface area contributed by atoms with Gasteiger partial charge in [0.25, 0.3) is 5.91 Å². The van der Waals surface area contributed by atoms with Crippen LogP contribution in [0.5, 0.6) is 0 Å². The summed E-state index contributed by atoms with van der Waals surface area (Å²) in [5, 5.41) is 3.66. The van der Waals surface area contributed by atoms with Gasteiger partial charge in [-0.15, -0.1) is 0 Å². The molecule has 0 fully saturated rings. The fraction of sp³-hybridized carbons (Fsp3) is 0.438. The molecule has 0 aliphatic rings. The first-order valence-electron chi connectivity index (χ1n) is 7.15. The zero-order chi connectivity index (χ0) is 17.6. The molecule has 1 aromatic rings. The molecule has 1 amide bonds. The quantitative estimate of drug-likeness (QED) is 0.756. The second kappa shape index (κ2) is 8.89. The van der Waals surface area contributed by atoms with Crippen molar-refractivity contribution < 1.29 is 19.1 Å². The Bertz CT molecular complexity index is 604. The Morgan fingerprint density at radius 3 is 2.39 bits per heavy atom. The fourth-order valence-electron chi connectivity index (χ4n) is 1.85. The molecule has 0 saturated carbocycles. The highest BCUT2D eigenvalue weighted by molar-refractivity contribution is 6.35. The highest BCUT2D eigenvalue weighted by Crippen LogP contribution is 2.26. The number of hydrogen-bond donors (Lipinski definition) is 1. The lowest BCUT2D eigenvalue weighted by Gasteiger charge is -2.19. The molecule has 23 heavy (non-hydrogen) atoms. The normalized spacial score (nSPS) is 13.1. The number of rotatable bonds is 7. The van der Waals surface area contributed by atoms with Crippen LogP contribution in [0.4, 0.5) is 0 Å². The third kappa shape index (κ3) is 6.59. The lowest BCUT2D eigenvalue weighted by atomic mass is 10.1. The number of Topliss-reactive ketones (excluding diaryl/α,β-unsaturated/α-hetero) is 1. The summed E-state index contributed by atoms with van der Waals surface area (Å²) in [5.41, 5.74) is 0.708. The van der Waals surface area contributed by atoms with Crippen LogP contribution in [0.15, 0.2) is 18.2 Å². The SMILES string of the molecule is CC(=O)CCC(=O)O[C@@H](C)C(=O)N[C@@H](C)c1ccc(Cl)cc1Cl. The number of ether oxygens (including phenoxy) is 1. The summed E-state index contributed by atoms with van der Waals surface area (Å²) < 4.78 is 4.99. The largest absolute Gasteiger partial charge is 0.453 e. The molecule has 7 heteroatoms. The van der Waals surface area contributed by atoms with Crippen LogP contribution in [0.3, 0.4) is 0 Å². The van der Waals surface area contributed by atoms with Crippen LogP contribution < -0.4 is 5.32 Å². The van der Waals surface area contributed by atoms with Gasteiger partial charge < -0.3 is 14.8 Å². The zero-order valence-corrected chi connectivity index (χ0v) is 14.7. The molecule has 1 N–H and O–H groups in total. The Hall–Kier alpha value is -1.59. The third-order valence-electron chi connectivity index (χ3n) is 3.15. The van der Waals surface area contributed by atoms with Gasteiger partial charge >= 0.3 is 5.97 Å². The molecule has 0 radical (unpaired) electrons. The lowest BCUT2D eigenvalue weighted by Crippen LogP contribution is -2.37. The molecule has 0 spiro atoms. The smallest absolute Gasteiger partial charge is 0.307 e. The Labute approximate surface area is 145 Å². The summed E-state index contributed by atoms with van der Waals surface area (Å²) in [7, 11) is 0. The lowest BCUT2D eigenvalue weighted by molar-refractivity contribution is -0.155. The number of esters is 1. The predicted octanol–water partition coefficient (Wildman–Crippen LogP) is 3.47. The molecule has 0 aromatic heterocycles. The van der Waals surface area contributed by atoms with Crippen LogP contribution in [0.25, 0.3) is 0 Å². The molecule has 1 rings (SSSR count). The molecule has 126 valence electrons. The molecule has 0 aliphatic heterocycles. The summed E-state index contributed by atoms with van der Waals surface area (Å²) in [6.45, 7) is 4.62. The highest BCUT2D eigenvalue weighted by atomic mass is 35.5. The van der Waals surface area contributed by atoms with Crippen LogP contribution >= 0.6 is 23.2 Å². The summed E-state index contributed by atoms with van der Waals surface area (Å²) in [6.07, 6.45) is -0.891. The first-order valence-corrected chi connectivity index (χ1v) is 7.90. The summed E-state index contributed by atoms with van der Waals surface area (Å²) in [5.74, 6) is -1.13. The van der Waals surface area contributed by atoms with E-state index in [1.807, 2.05) is 0 Å². The van der Waals surface area contributed by atoms with Gasteiger partial charge in [-0.05, 0) is 38.5 Å². The van der Waals surface area contributed by atoms with Gasteiger partial charge in [0.15, 0.2) is 6.10 Å². The van der Waals surface area contributed by atoms with E-state index in [1.165, 1.54) is 13.8 Å². The van der Waals surface area contributed by atoms with Crippen molar-refractivity contribution in [3.8, 4) is 0 Å². The van der Waals surface area contributed by atoms with Crippen LogP contribution in [0.2, 0.25) is 10.0 Å². The number of benzene rings is 1. The van der Waals surface area contributed by atoms with E-state index in [-0.39, 0.29) is 24.7 Å². The van der Waals surface area contributed by atoms with Crippen molar-refractivity contribution >= 4 is 40.9 Å². The molecule has 2 atom stereocenters. The van der Waals surface area contributed by atoms with Gasteiger partial charge in [-0.3, -0.25) is 9.59 Å². The van der Waals surface area contributed by atoms with Crippen molar-refractivity contribution in [2.45, 2.75) is 45.8 Å². The maximum absolute atomic E-state index is 12.1. The Balaban J connectivity index is 2.57. The van der Waals surface area contributed by atoms with E-state index in [2.05, 4.69) is 5.32 Å². The first kappa shape index (κ1) is 19.5. The Kier molecular flexibility index (Phi) is 7.52. The molecule has 0 bridgehead atoms. The van der Waals surface area contributed by atoms with Gasteiger partial charge in [0.1, 0.15) is 5.78 Å². The van der Waals surface area contributed by atoms with Crippen LogP contribution in [-0.2, 0) is 19.1 Å². The highest BCUT2D eigenvalue weighted by Gasteiger charge is 2.21. The summed E-state index contributed by atoms with van der Waals surface area (Å²) in [6, 6.07) is 4.62. The van der Waals surface area contributed by atoms with Gasteiger partial charge in [-0.1, -0.05) is 29.3 Å². The Morgan fingerprint density at radius 1 is 1.17 bits per heavy atom. The number of carbonyl (C=O) groups is 3. The Morgan fingerprint density at radius 2 is 1.83 bits per heavy atom. The van der Waals surface area contributed by atoms with Gasteiger partial charge in [-0.25, -0.2) is 0 Å². The van der Waals surface area contributed by atoms with Gasteiger partial charge in [0.05, 0.1) is 12.5 Å². The minimum atomic E-state index is -0.956. The van der Waals surface area contributed by atoms with Gasteiger partial charge in [0.2, 0.25) is 0 Å². The topological polar surface area (TPSA) is 72.5 Å². The maximum atomic E-state index is 12.1. The van der Waals surface area contributed by atoms with Crippen LogP contribution in [0.1, 0.15) is 45.2 Å². The van der Waals surface area contributed by atoms with Gasteiger partial charge in [0, 0.05) is 16.5 Å². The number of amides is 1. The van der Waals surface area contributed by atoms with E-state index in [9.17, 15) is 14.4 Å². The fourth-order valence-corrected chi connectivity index (χ4v) is 2.42.